The van der Waals surface area contributed by atoms with Gasteiger partial charge in [-0.3, -0.25) is 4.79 Å². The number of pyridine rings is 1. The second-order valence-corrected chi connectivity index (χ2v) is 7.98. The summed E-state index contributed by atoms with van der Waals surface area (Å²) in [5, 5.41) is 0.762. The Hall–Kier alpha value is -3.47. The van der Waals surface area contributed by atoms with Gasteiger partial charge >= 0.3 is 0 Å². The predicted octanol–water partition coefficient (Wildman–Crippen LogP) is 6.19. The topological polar surface area (TPSA) is 60.5 Å². The molecule has 3 aromatic rings. The zero-order chi connectivity index (χ0) is 22.9. The quantitative estimate of drug-likeness (QED) is 0.388. The fraction of sp³-hybridized carbons (Fsp3) is 0.296. The first-order chi connectivity index (χ1) is 15.5. The van der Waals surface area contributed by atoms with Crippen LogP contribution in [0.3, 0.4) is 0 Å². The van der Waals surface area contributed by atoms with Crippen molar-refractivity contribution in [3.63, 3.8) is 0 Å². The molecule has 32 heavy (non-hydrogen) atoms. The number of rotatable bonds is 10. The second kappa shape index (κ2) is 11.2. The van der Waals surface area contributed by atoms with Gasteiger partial charge in [0.15, 0.2) is 5.75 Å². The molecule has 5 heteroatoms. The number of aromatic amines is 1. The molecule has 0 atom stereocenters. The van der Waals surface area contributed by atoms with E-state index in [2.05, 4.69) is 31.8 Å². The zero-order valence-electron chi connectivity index (χ0n) is 19.2. The van der Waals surface area contributed by atoms with Crippen molar-refractivity contribution in [1.29, 1.82) is 0 Å². The molecule has 0 amide bonds. The molecule has 1 heterocycles. The summed E-state index contributed by atoms with van der Waals surface area (Å²) < 4.78 is 17.2. The minimum absolute atomic E-state index is 0.186. The van der Waals surface area contributed by atoms with Gasteiger partial charge in [-0.2, -0.15) is 0 Å². The molecule has 0 fully saturated rings. The molecule has 0 aliphatic rings. The van der Waals surface area contributed by atoms with E-state index in [-0.39, 0.29) is 11.3 Å². The number of ether oxygens (including phenoxy) is 3. The van der Waals surface area contributed by atoms with Crippen molar-refractivity contribution < 1.29 is 14.2 Å². The summed E-state index contributed by atoms with van der Waals surface area (Å²) in [6, 6.07) is 15.5. The number of allylic oxidation sites excluding steroid dienone is 3. The zero-order valence-corrected chi connectivity index (χ0v) is 19.2. The van der Waals surface area contributed by atoms with Gasteiger partial charge in [-0.05, 0) is 57.4 Å². The van der Waals surface area contributed by atoms with Gasteiger partial charge in [0, 0.05) is 11.5 Å². The molecule has 0 saturated carbocycles. The second-order valence-electron chi connectivity index (χ2n) is 7.98. The van der Waals surface area contributed by atoms with Crippen LogP contribution in [0.4, 0.5) is 0 Å². The van der Waals surface area contributed by atoms with E-state index in [1.165, 1.54) is 11.1 Å². The molecule has 1 N–H and O–H groups in total. The Kier molecular flexibility index (Phi) is 8.14. The van der Waals surface area contributed by atoms with Crippen LogP contribution in [0.25, 0.3) is 10.9 Å². The first kappa shape index (κ1) is 23.2. The Morgan fingerprint density at radius 2 is 1.75 bits per heavy atom. The van der Waals surface area contributed by atoms with Crippen LogP contribution in [-0.2, 0) is 6.61 Å². The van der Waals surface area contributed by atoms with Crippen LogP contribution < -0.4 is 19.8 Å². The molecule has 1 aromatic heterocycles. The minimum atomic E-state index is -0.329. The first-order valence-electron chi connectivity index (χ1n) is 10.8. The molecule has 0 saturated heterocycles. The van der Waals surface area contributed by atoms with Gasteiger partial charge < -0.3 is 19.2 Å². The predicted molar refractivity (Wildman–Crippen MR) is 130 cm³/mol. The van der Waals surface area contributed by atoms with Gasteiger partial charge in [-0.1, -0.05) is 47.6 Å². The largest absolute Gasteiger partial charge is 0.492 e. The SMILES string of the molecule is COc1c(OC/C=C(\C)CCC=C(C)C)c(=O)[nH]c2cc(OCc3ccccc3)ccc12. The van der Waals surface area contributed by atoms with Gasteiger partial charge in [-0.25, -0.2) is 0 Å². The van der Waals surface area contributed by atoms with Crippen molar-refractivity contribution in [2.24, 2.45) is 0 Å². The number of aromatic nitrogens is 1. The van der Waals surface area contributed by atoms with Crippen LogP contribution in [0.1, 0.15) is 39.2 Å². The van der Waals surface area contributed by atoms with Crippen LogP contribution in [-0.4, -0.2) is 18.7 Å². The van der Waals surface area contributed by atoms with Crippen molar-refractivity contribution in [2.45, 2.75) is 40.2 Å². The van der Waals surface area contributed by atoms with Crippen LogP contribution in [0.5, 0.6) is 17.2 Å². The molecule has 5 nitrogen and oxygen atoms in total. The normalized spacial score (nSPS) is 11.3. The van der Waals surface area contributed by atoms with E-state index in [0.717, 1.165) is 23.8 Å². The third-order valence-electron chi connectivity index (χ3n) is 5.10. The Labute approximate surface area is 189 Å². The van der Waals surface area contributed by atoms with E-state index in [4.69, 9.17) is 14.2 Å². The highest BCUT2D eigenvalue weighted by Gasteiger charge is 2.15. The van der Waals surface area contributed by atoms with E-state index >= 15 is 0 Å². The number of H-pyrrole nitrogens is 1. The van der Waals surface area contributed by atoms with Crippen LogP contribution in [0, 0.1) is 0 Å². The van der Waals surface area contributed by atoms with Crippen molar-refractivity contribution >= 4 is 10.9 Å². The summed E-state index contributed by atoms with van der Waals surface area (Å²) in [7, 11) is 1.54. The van der Waals surface area contributed by atoms with E-state index < -0.39 is 0 Å². The standard InChI is InChI=1S/C27H31NO4/c1-19(2)9-8-10-20(3)15-16-31-26-25(30-4)23-14-13-22(17-24(23)28-27(26)29)32-18-21-11-6-5-7-12-21/h5-7,9,11-15,17H,8,10,16,18H2,1-4H3,(H,28,29)/b20-15+. The Bertz CT molecular complexity index is 1160. The van der Waals surface area contributed by atoms with E-state index in [9.17, 15) is 4.79 Å². The number of nitrogens with one attached hydrogen (secondary N) is 1. The summed E-state index contributed by atoms with van der Waals surface area (Å²) in [5.74, 6) is 1.28. The van der Waals surface area contributed by atoms with Gasteiger partial charge in [0.25, 0.3) is 5.56 Å². The van der Waals surface area contributed by atoms with Crippen molar-refractivity contribution in [1.82, 2.24) is 4.98 Å². The molecule has 3 rings (SSSR count). The molecule has 2 aromatic carbocycles. The van der Waals surface area contributed by atoms with Gasteiger partial charge in [0.2, 0.25) is 5.75 Å². The number of fused-ring (bicyclic) bond motifs is 1. The summed E-state index contributed by atoms with van der Waals surface area (Å²) in [4.78, 5) is 15.6. The van der Waals surface area contributed by atoms with Crippen LogP contribution in [0.15, 0.2) is 76.6 Å². The molecule has 0 radical (unpaired) electrons. The maximum atomic E-state index is 12.7. The monoisotopic (exact) mass is 433 g/mol. The average Bonchev–Trinajstić information content (AvgIpc) is 2.78. The average molecular weight is 434 g/mol. The van der Waals surface area contributed by atoms with Gasteiger partial charge in [0.05, 0.1) is 12.6 Å². The minimum Gasteiger partial charge on any atom is -0.492 e. The Morgan fingerprint density at radius 1 is 0.969 bits per heavy atom. The van der Waals surface area contributed by atoms with Gasteiger partial charge in [-0.15, -0.1) is 0 Å². The molecule has 0 aliphatic heterocycles. The molecular formula is C27H31NO4. The fourth-order valence-electron chi connectivity index (χ4n) is 3.35. The smallest absolute Gasteiger partial charge is 0.294 e. The Balaban J connectivity index is 1.74. The lowest BCUT2D eigenvalue weighted by Gasteiger charge is -2.13. The number of hydrogen-bond donors (Lipinski definition) is 1. The molecule has 0 aliphatic carbocycles. The summed E-state index contributed by atoms with van der Waals surface area (Å²) in [6.45, 7) is 7.02. The molecule has 0 bridgehead atoms. The lowest BCUT2D eigenvalue weighted by Crippen LogP contribution is -2.13. The molecule has 168 valence electrons. The lowest BCUT2D eigenvalue weighted by molar-refractivity contribution is 0.306. The molecular weight excluding hydrogens is 402 g/mol. The van der Waals surface area contributed by atoms with Crippen molar-refractivity contribution in [3.8, 4) is 17.2 Å². The highest BCUT2D eigenvalue weighted by molar-refractivity contribution is 5.88. The Morgan fingerprint density at radius 3 is 2.47 bits per heavy atom. The van der Waals surface area contributed by atoms with Crippen molar-refractivity contribution in [2.75, 3.05) is 13.7 Å². The number of hydrogen-bond acceptors (Lipinski definition) is 4. The number of methoxy groups -OCH3 is 1. The maximum absolute atomic E-state index is 12.7. The van der Waals surface area contributed by atoms with E-state index in [1.54, 1.807) is 13.2 Å². The lowest BCUT2D eigenvalue weighted by atomic mass is 10.1. The maximum Gasteiger partial charge on any atom is 0.294 e. The third-order valence-corrected chi connectivity index (χ3v) is 5.10. The molecule has 0 spiro atoms. The summed E-state index contributed by atoms with van der Waals surface area (Å²) in [6.07, 6.45) is 6.18. The first-order valence-corrected chi connectivity index (χ1v) is 10.8. The fourth-order valence-corrected chi connectivity index (χ4v) is 3.35. The van der Waals surface area contributed by atoms with Gasteiger partial charge in [0.1, 0.15) is 19.0 Å². The van der Waals surface area contributed by atoms with Crippen molar-refractivity contribution in [3.05, 3.63) is 87.7 Å². The highest BCUT2D eigenvalue weighted by atomic mass is 16.5. The molecule has 0 unspecified atom stereocenters. The highest BCUT2D eigenvalue weighted by Crippen LogP contribution is 2.33. The van der Waals surface area contributed by atoms with E-state index in [0.29, 0.717) is 30.2 Å². The third kappa shape index (κ3) is 6.27. The number of benzene rings is 2. The van der Waals surface area contributed by atoms with Crippen LogP contribution in [0.2, 0.25) is 0 Å². The summed E-state index contributed by atoms with van der Waals surface area (Å²) >= 11 is 0. The van der Waals surface area contributed by atoms with E-state index in [1.807, 2.05) is 48.5 Å². The summed E-state index contributed by atoms with van der Waals surface area (Å²) in [5.41, 5.74) is 3.92. The van der Waals surface area contributed by atoms with Crippen LogP contribution >= 0.6 is 0 Å².